The number of rotatable bonds is 3. The second-order valence-corrected chi connectivity index (χ2v) is 3.66. The molecule has 4 heteroatoms. The molecule has 0 aliphatic rings. The van der Waals surface area contributed by atoms with Gasteiger partial charge in [0.25, 0.3) is 5.91 Å². The normalized spacial score (nSPS) is 9.77. The van der Waals surface area contributed by atoms with Gasteiger partial charge >= 0.3 is 0 Å². The number of amides is 1. The van der Waals surface area contributed by atoms with Gasteiger partial charge < -0.3 is 9.64 Å². The number of hydrogen-bond donors (Lipinski definition) is 0. The van der Waals surface area contributed by atoms with Crippen molar-refractivity contribution in [1.29, 1.82) is 0 Å². The van der Waals surface area contributed by atoms with E-state index in [2.05, 4.69) is 0 Å². The van der Waals surface area contributed by atoms with Crippen LogP contribution in [0.5, 0.6) is 5.75 Å². The molecule has 0 saturated heterocycles. The fourth-order valence-corrected chi connectivity index (χ4v) is 1.78. The van der Waals surface area contributed by atoms with E-state index in [1.807, 2.05) is 18.4 Å². The van der Waals surface area contributed by atoms with Gasteiger partial charge in [-0.3, -0.25) is 4.79 Å². The summed E-state index contributed by atoms with van der Waals surface area (Å²) >= 11 is 1.41. The predicted molar refractivity (Wildman–Crippen MR) is 53.5 cm³/mol. The minimum atomic E-state index is -0.00144. The average molecular weight is 199 g/mol. The fourth-order valence-electron chi connectivity index (χ4n) is 0.926. The number of nitrogens with zero attached hydrogens (tertiary/aromatic N) is 1. The molecule has 0 bridgehead atoms. The SMILES string of the molecule is CCOc1ccsc1C(=O)N(C)C. The summed E-state index contributed by atoms with van der Waals surface area (Å²) in [4.78, 5) is 13.8. The van der Waals surface area contributed by atoms with Crippen LogP contribution in [0.2, 0.25) is 0 Å². The van der Waals surface area contributed by atoms with E-state index in [9.17, 15) is 4.79 Å². The van der Waals surface area contributed by atoms with E-state index in [0.717, 1.165) is 0 Å². The lowest BCUT2D eigenvalue weighted by Crippen LogP contribution is -2.21. The molecule has 0 aliphatic heterocycles. The Hall–Kier alpha value is -1.03. The van der Waals surface area contributed by atoms with E-state index >= 15 is 0 Å². The molecule has 0 aliphatic carbocycles. The molecule has 3 nitrogen and oxygen atoms in total. The number of carbonyl (C=O) groups excluding carboxylic acids is 1. The number of carbonyl (C=O) groups is 1. The van der Waals surface area contributed by atoms with Gasteiger partial charge in [-0.15, -0.1) is 11.3 Å². The van der Waals surface area contributed by atoms with Crippen molar-refractivity contribution < 1.29 is 9.53 Å². The summed E-state index contributed by atoms with van der Waals surface area (Å²) in [5, 5.41) is 1.86. The van der Waals surface area contributed by atoms with Crippen molar-refractivity contribution in [3.63, 3.8) is 0 Å². The van der Waals surface area contributed by atoms with Gasteiger partial charge in [0.1, 0.15) is 10.6 Å². The standard InChI is InChI=1S/C9H13NO2S/c1-4-12-7-5-6-13-8(7)9(11)10(2)3/h5-6H,4H2,1-3H3. The molecular formula is C9H13NO2S. The molecule has 72 valence electrons. The topological polar surface area (TPSA) is 29.5 Å². The maximum absolute atomic E-state index is 11.6. The summed E-state index contributed by atoms with van der Waals surface area (Å²) < 4.78 is 5.31. The Balaban J connectivity index is 2.87. The quantitative estimate of drug-likeness (QED) is 0.743. The largest absolute Gasteiger partial charge is 0.492 e. The highest BCUT2D eigenvalue weighted by Crippen LogP contribution is 2.25. The molecule has 1 amide bonds. The van der Waals surface area contributed by atoms with Gasteiger partial charge in [0.15, 0.2) is 0 Å². The number of thiophene rings is 1. The highest BCUT2D eigenvalue weighted by Gasteiger charge is 2.15. The summed E-state index contributed by atoms with van der Waals surface area (Å²) in [6.45, 7) is 2.49. The Morgan fingerprint density at radius 1 is 1.62 bits per heavy atom. The minimum absolute atomic E-state index is 0.00144. The Morgan fingerprint density at radius 3 is 2.85 bits per heavy atom. The van der Waals surface area contributed by atoms with Gasteiger partial charge in [0.05, 0.1) is 6.61 Å². The van der Waals surface area contributed by atoms with Gasteiger partial charge in [0, 0.05) is 14.1 Å². The van der Waals surface area contributed by atoms with Crippen molar-refractivity contribution >= 4 is 17.2 Å². The van der Waals surface area contributed by atoms with Gasteiger partial charge in [-0.25, -0.2) is 0 Å². The first kappa shape index (κ1) is 10.1. The minimum Gasteiger partial charge on any atom is -0.492 e. The van der Waals surface area contributed by atoms with Crippen LogP contribution in [0.15, 0.2) is 11.4 Å². The van der Waals surface area contributed by atoms with Crippen LogP contribution in [-0.4, -0.2) is 31.5 Å². The Labute approximate surface area is 81.9 Å². The molecule has 1 rings (SSSR count). The third-order valence-electron chi connectivity index (χ3n) is 1.53. The number of ether oxygens (including phenoxy) is 1. The molecule has 1 aromatic heterocycles. The molecule has 0 fully saturated rings. The first-order valence-corrected chi connectivity index (χ1v) is 4.96. The lowest BCUT2D eigenvalue weighted by Gasteiger charge is -2.10. The van der Waals surface area contributed by atoms with Crippen LogP contribution in [0.1, 0.15) is 16.6 Å². The maximum atomic E-state index is 11.6. The fraction of sp³-hybridized carbons (Fsp3) is 0.444. The summed E-state index contributed by atoms with van der Waals surface area (Å²) in [5.74, 6) is 0.685. The van der Waals surface area contributed by atoms with Crippen LogP contribution in [0.3, 0.4) is 0 Å². The van der Waals surface area contributed by atoms with Gasteiger partial charge in [0.2, 0.25) is 0 Å². The van der Waals surface area contributed by atoms with Crippen LogP contribution >= 0.6 is 11.3 Å². The third kappa shape index (κ3) is 2.21. The van der Waals surface area contributed by atoms with Crippen molar-refractivity contribution in [3.05, 3.63) is 16.3 Å². The lowest BCUT2D eigenvalue weighted by atomic mass is 10.4. The maximum Gasteiger partial charge on any atom is 0.267 e. The van der Waals surface area contributed by atoms with Gasteiger partial charge in [-0.05, 0) is 18.4 Å². The Morgan fingerprint density at radius 2 is 2.31 bits per heavy atom. The van der Waals surface area contributed by atoms with E-state index < -0.39 is 0 Å². The smallest absolute Gasteiger partial charge is 0.267 e. The lowest BCUT2D eigenvalue weighted by molar-refractivity contribution is 0.0828. The molecule has 0 unspecified atom stereocenters. The zero-order valence-electron chi connectivity index (χ0n) is 8.03. The highest BCUT2D eigenvalue weighted by atomic mass is 32.1. The first-order chi connectivity index (χ1) is 6.16. The van der Waals surface area contributed by atoms with E-state index in [1.54, 1.807) is 19.0 Å². The summed E-state index contributed by atoms with van der Waals surface area (Å²) in [6, 6.07) is 1.82. The summed E-state index contributed by atoms with van der Waals surface area (Å²) in [5.41, 5.74) is 0. The van der Waals surface area contributed by atoms with Crippen LogP contribution in [0.4, 0.5) is 0 Å². The Kier molecular flexibility index (Phi) is 3.31. The van der Waals surface area contributed by atoms with E-state index in [0.29, 0.717) is 17.2 Å². The van der Waals surface area contributed by atoms with Crippen molar-refractivity contribution in [2.24, 2.45) is 0 Å². The molecule has 0 radical (unpaired) electrons. The average Bonchev–Trinajstić information content (AvgIpc) is 2.52. The van der Waals surface area contributed by atoms with E-state index in [4.69, 9.17) is 4.74 Å². The van der Waals surface area contributed by atoms with Crippen molar-refractivity contribution in [1.82, 2.24) is 4.90 Å². The molecule has 0 spiro atoms. The highest BCUT2D eigenvalue weighted by molar-refractivity contribution is 7.12. The molecular weight excluding hydrogens is 186 g/mol. The predicted octanol–water partition coefficient (Wildman–Crippen LogP) is 1.85. The number of hydrogen-bond acceptors (Lipinski definition) is 3. The zero-order chi connectivity index (χ0) is 9.84. The molecule has 0 aromatic carbocycles. The second kappa shape index (κ2) is 4.28. The molecule has 0 N–H and O–H groups in total. The summed E-state index contributed by atoms with van der Waals surface area (Å²) in [6.07, 6.45) is 0. The van der Waals surface area contributed by atoms with Gasteiger partial charge in [-0.1, -0.05) is 0 Å². The van der Waals surface area contributed by atoms with E-state index in [-0.39, 0.29) is 5.91 Å². The van der Waals surface area contributed by atoms with Gasteiger partial charge in [-0.2, -0.15) is 0 Å². The molecule has 1 aromatic rings. The molecule has 13 heavy (non-hydrogen) atoms. The first-order valence-electron chi connectivity index (χ1n) is 4.08. The second-order valence-electron chi connectivity index (χ2n) is 2.75. The Bertz CT molecular complexity index is 294. The molecule has 0 atom stereocenters. The zero-order valence-corrected chi connectivity index (χ0v) is 8.85. The van der Waals surface area contributed by atoms with Crippen LogP contribution in [0.25, 0.3) is 0 Å². The van der Waals surface area contributed by atoms with Crippen molar-refractivity contribution in [3.8, 4) is 5.75 Å². The van der Waals surface area contributed by atoms with Crippen LogP contribution < -0.4 is 4.74 Å². The monoisotopic (exact) mass is 199 g/mol. The summed E-state index contributed by atoms with van der Waals surface area (Å²) in [7, 11) is 3.47. The van der Waals surface area contributed by atoms with E-state index in [1.165, 1.54) is 11.3 Å². The third-order valence-corrected chi connectivity index (χ3v) is 2.41. The van der Waals surface area contributed by atoms with Crippen molar-refractivity contribution in [2.75, 3.05) is 20.7 Å². The van der Waals surface area contributed by atoms with Crippen LogP contribution in [0, 0.1) is 0 Å². The molecule has 0 saturated carbocycles. The van der Waals surface area contributed by atoms with Crippen LogP contribution in [-0.2, 0) is 0 Å². The van der Waals surface area contributed by atoms with Crippen molar-refractivity contribution in [2.45, 2.75) is 6.92 Å². The molecule has 1 heterocycles.